The summed E-state index contributed by atoms with van der Waals surface area (Å²) in [5.41, 5.74) is 0.859. The van der Waals surface area contributed by atoms with Crippen molar-refractivity contribution in [3.8, 4) is 17.2 Å². The fraction of sp³-hybridized carbons (Fsp3) is 0.435. The fourth-order valence-corrected chi connectivity index (χ4v) is 3.81. The highest BCUT2D eigenvalue weighted by Crippen LogP contribution is 2.26. The molecule has 30 heavy (non-hydrogen) atoms. The van der Waals surface area contributed by atoms with Crippen molar-refractivity contribution < 1.29 is 14.2 Å². The highest BCUT2D eigenvalue weighted by atomic mass is 16.5. The molecule has 0 bridgehead atoms. The molecular weight excluding hydrogens is 380 g/mol. The van der Waals surface area contributed by atoms with Crippen LogP contribution in [-0.2, 0) is 0 Å². The zero-order chi connectivity index (χ0) is 20.8. The van der Waals surface area contributed by atoms with Crippen LogP contribution in [0.5, 0.6) is 17.2 Å². The summed E-state index contributed by atoms with van der Waals surface area (Å²) < 4.78 is 16.7. The third-order valence-electron chi connectivity index (χ3n) is 5.46. The van der Waals surface area contributed by atoms with Gasteiger partial charge in [-0.2, -0.15) is 0 Å². The molecule has 158 valence electrons. The first-order valence-electron chi connectivity index (χ1n) is 10.4. The van der Waals surface area contributed by atoms with E-state index >= 15 is 0 Å². The Morgan fingerprint density at radius 1 is 0.900 bits per heavy atom. The molecular formula is C23H28N4O3. The van der Waals surface area contributed by atoms with Crippen LogP contribution in [0.3, 0.4) is 0 Å². The van der Waals surface area contributed by atoms with Crippen molar-refractivity contribution in [3.05, 3.63) is 48.3 Å². The largest absolute Gasteiger partial charge is 0.497 e. The molecule has 0 amide bonds. The number of hydrogen-bond donors (Lipinski definition) is 1. The summed E-state index contributed by atoms with van der Waals surface area (Å²) in [6, 6.07) is 9.71. The van der Waals surface area contributed by atoms with Crippen molar-refractivity contribution in [2.75, 3.05) is 14.2 Å². The van der Waals surface area contributed by atoms with Gasteiger partial charge in [-0.25, -0.2) is 4.99 Å². The first-order valence-corrected chi connectivity index (χ1v) is 10.4. The van der Waals surface area contributed by atoms with Gasteiger partial charge in [0.2, 0.25) is 5.90 Å². The van der Waals surface area contributed by atoms with Gasteiger partial charge < -0.3 is 14.2 Å². The Kier molecular flexibility index (Phi) is 6.59. The van der Waals surface area contributed by atoms with Gasteiger partial charge >= 0.3 is 0 Å². The van der Waals surface area contributed by atoms with Gasteiger partial charge in [-0.15, -0.1) is 0 Å². The van der Waals surface area contributed by atoms with Gasteiger partial charge in [-0.3, -0.25) is 15.3 Å². The molecule has 0 radical (unpaired) electrons. The summed E-state index contributed by atoms with van der Waals surface area (Å²) in [5, 5.41) is 3.68. The number of aliphatic imine (C=N–C) groups is 2. The van der Waals surface area contributed by atoms with E-state index in [1.54, 1.807) is 26.6 Å². The van der Waals surface area contributed by atoms with E-state index in [-0.39, 0.29) is 6.04 Å². The van der Waals surface area contributed by atoms with E-state index < -0.39 is 6.17 Å². The standard InChI is InChI=1S/C23H28N4O3/c1-28-18-8-10-19(11-9-18)30-23-21(26-17-6-4-3-5-7-17)15-25-22(27-23)16-12-20(29-2)14-24-13-16/h8-15,17,21-22,26H,3-7H2,1-2H3. The SMILES string of the molecule is COc1ccc(OC2=NC(c3cncc(OC)c3)N=CC2NC2CCCCC2)cc1. The Morgan fingerprint density at radius 3 is 2.37 bits per heavy atom. The maximum Gasteiger partial charge on any atom is 0.215 e. The quantitative estimate of drug-likeness (QED) is 0.783. The Labute approximate surface area is 177 Å². The Balaban J connectivity index is 1.57. The summed E-state index contributed by atoms with van der Waals surface area (Å²) in [6.07, 6.45) is 11.1. The number of ether oxygens (including phenoxy) is 3. The maximum absolute atomic E-state index is 6.21. The third-order valence-corrected chi connectivity index (χ3v) is 5.46. The van der Waals surface area contributed by atoms with Gasteiger partial charge in [0, 0.05) is 24.0 Å². The molecule has 1 aromatic carbocycles. The van der Waals surface area contributed by atoms with Gasteiger partial charge in [0.15, 0.2) is 6.17 Å². The van der Waals surface area contributed by atoms with E-state index in [2.05, 4.69) is 15.3 Å². The second kappa shape index (κ2) is 9.71. The molecule has 1 aromatic heterocycles. The molecule has 1 aliphatic carbocycles. The molecule has 1 N–H and O–H groups in total. The van der Waals surface area contributed by atoms with Crippen LogP contribution < -0.4 is 19.5 Å². The number of benzene rings is 1. The first kappa shape index (κ1) is 20.3. The average Bonchev–Trinajstić information content (AvgIpc) is 2.81. The number of nitrogens with zero attached hydrogens (tertiary/aromatic N) is 3. The van der Waals surface area contributed by atoms with Crippen LogP contribution in [0, 0.1) is 0 Å². The van der Waals surface area contributed by atoms with E-state index in [1.807, 2.05) is 36.5 Å². The Morgan fingerprint density at radius 2 is 1.63 bits per heavy atom. The lowest BCUT2D eigenvalue weighted by Crippen LogP contribution is -2.48. The summed E-state index contributed by atoms with van der Waals surface area (Å²) in [5.74, 6) is 2.78. The number of hydrogen-bond acceptors (Lipinski definition) is 7. The number of methoxy groups -OCH3 is 2. The molecule has 2 unspecified atom stereocenters. The minimum absolute atomic E-state index is 0.162. The summed E-state index contributed by atoms with van der Waals surface area (Å²) in [7, 11) is 3.27. The van der Waals surface area contributed by atoms with Crippen LogP contribution in [0.2, 0.25) is 0 Å². The number of rotatable bonds is 6. The molecule has 2 atom stereocenters. The van der Waals surface area contributed by atoms with Gasteiger partial charge in [0.1, 0.15) is 23.3 Å². The second-order valence-electron chi connectivity index (χ2n) is 7.55. The van der Waals surface area contributed by atoms with Gasteiger partial charge in [0.05, 0.1) is 20.4 Å². The molecule has 2 aliphatic rings. The topological polar surface area (TPSA) is 77.3 Å². The average molecular weight is 409 g/mol. The lowest BCUT2D eigenvalue weighted by molar-refractivity contribution is 0.366. The third kappa shape index (κ3) is 4.97. The van der Waals surface area contributed by atoms with Crippen molar-refractivity contribution in [1.82, 2.24) is 10.3 Å². The number of nitrogens with one attached hydrogen (secondary N) is 1. The molecule has 2 heterocycles. The minimum atomic E-state index is -0.412. The van der Waals surface area contributed by atoms with Gasteiger partial charge in [-0.1, -0.05) is 19.3 Å². The maximum atomic E-state index is 6.21. The zero-order valence-corrected chi connectivity index (χ0v) is 17.5. The molecule has 1 saturated carbocycles. The molecule has 0 saturated heterocycles. The molecule has 0 spiro atoms. The van der Waals surface area contributed by atoms with Gasteiger partial charge in [-0.05, 0) is 43.2 Å². The second-order valence-corrected chi connectivity index (χ2v) is 7.55. The molecule has 1 aliphatic heterocycles. The predicted molar refractivity (Wildman–Crippen MR) is 117 cm³/mol. The smallest absolute Gasteiger partial charge is 0.215 e. The van der Waals surface area contributed by atoms with Gasteiger partial charge in [0.25, 0.3) is 0 Å². The van der Waals surface area contributed by atoms with Crippen molar-refractivity contribution in [2.24, 2.45) is 9.98 Å². The zero-order valence-electron chi connectivity index (χ0n) is 17.5. The summed E-state index contributed by atoms with van der Waals surface area (Å²) in [4.78, 5) is 13.7. The molecule has 1 fully saturated rings. The Hall–Kier alpha value is -2.93. The molecule has 7 nitrogen and oxygen atoms in total. The van der Waals surface area contributed by atoms with E-state index in [9.17, 15) is 0 Å². The van der Waals surface area contributed by atoms with Crippen LogP contribution in [0.4, 0.5) is 0 Å². The molecule has 4 rings (SSSR count). The van der Waals surface area contributed by atoms with Crippen LogP contribution in [0.25, 0.3) is 0 Å². The predicted octanol–water partition coefficient (Wildman–Crippen LogP) is 3.95. The van der Waals surface area contributed by atoms with Crippen molar-refractivity contribution in [3.63, 3.8) is 0 Å². The van der Waals surface area contributed by atoms with Crippen molar-refractivity contribution >= 4 is 12.1 Å². The first-order chi connectivity index (χ1) is 14.7. The summed E-state index contributed by atoms with van der Waals surface area (Å²) >= 11 is 0. The highest BCUT2D eigenvalue weighted by molar-refractivity contribution is 6.00. The Bertz CT molecular complexity index is 892. The van der Waals surface area contributed by atoms with Crippen molar-refractivity contribution in [2.45, 2.75) is 50.4 Å². The van der Waals surface area contributed by atoms with E-state index in [0.29, 0.717) is 23.4 Å². The van der Waals surface area contributed by atoms with Crippen LogP contribution in [-0.4, -0.2) is 43.4 Å². The van der Waals surface area contributed by atoms with Crippen LogP contribution in [0.15, 0.2) is 52.7 Å². The minimum Gasteiger partial charge on any atom is -0.497 e. The fourth-order valence-electron chi connectivity index (χ4n) is 3.81. The van der Waals surface area contributed by atoms with Crippen LogP contribution >= 0.6 is 0 Å². The number of pyridine rings is 1. The monoisotopic (exact) mass is 408 g/mol. The van der Waals surface area contributed by atoms with E-state index in [0.717, 1.165) is 11.3 Å². The lowest BCUT2D eigenvalue weighted by atomic mass is 9.95. The van der Waals surface area contributed by atoms with E-state index in [4.69, 9.17) is 19.2 Å². The van der Waals surface area contributed by atoms with E-state index in [1.165, 1.54) is 32.1 Å². The van der Waals surface area contributed by atoms with Crippen LogP contribution in [0.1, 0.15) is 43.8 Å². The lowest BCUT2D eigenvalue weighted by Gasteiger charge is -2.29. The molecule has 7 heteroatoms. The summed E-state index contributed by atoms with van der Waals surface area (Å²) in [6.45, 7) is 0. The molecule has 2 aromatic rings. The highest BCUT2D eigenvalue weighted by Gasteiger charge is 2.27. The number of aromatic nitrogens is 1. The van der Waals surface area contributed by atoms with Crippen molar-refractivity contribution in [1.29, 1.82) is 0 Å². The normalized spacial score (nSPS) is 21.7.